The number of nitrogens with two attached hydrogens (primary N) is 1. The molecule has 0 aliphatic rings. The summed E-state index contributed by atoms with van der Waals surface area (Å²) < 4.78 is 0. The molecule has 0 aromatic rings. The standard InChI is InChI=1S/C3H9N.CHClO/c1-3(2)4;2-1-3/h3H,4H2,1-2H3;1H. The molecule has 0 saturated carbocycles. The fourth-order valence-corrected chi connectivity index (χ4v) is 0. The monoisotopic (exact) mass is 123 g/mol. The Morgan fingerprint density at radius 1 is 1.71 bits per heavy atom. The minimum absolute atomic E-state index is 0.222. The van der Waals surface area contributed by atoms with Gasteiger partial charge in [-0.3, -0.25) is 4.79 Å². The molecule has 44 valence electrons. The lowest BCUT2D eigenvalue weighted by Crippen LogP contribution is -2.06. The smallest absolute Gasteiger partial charge is 0.208 e. The average molecular weight is 124 g/mol. The van der Waals surface area contributed by atoms with Crippen LogP contribution in [0.15, 0.2) is 0 Å². The minimum atomic E-state index is 0.222. The molecule has 0 fully saturated rings. The van der Waals surface area contributed by atoms with Gasteiger partial charge in [0, 0.05) is 0 Å². The van der Waals surface area contributed by atoms with E-state index in [-0.39, 0.29) is 5.75 Å². The van der Waals surface area contributed by atoms with E-state index >= 15 is 0 Å². The third-order valence-electron chi connectivity index (χ3n) is 0. The van der Waals surface area contributed by atoms with Crippen LogP contribution >= 0.6 is 11.6 Å². The fraction of sp³-hybridized carbons (Fsp3) is 0.750. The second-order valence-electron chi connectivity index (χ2n) is 1.33. The van der Waals surface area contributed by atoms with Crippen molar-refractivity contribution in [2.45, 2.75) is 19.9 Å². The lowest BCUT2D eigenvalue weighted by Gasteiger charge is -1.81. The van der Waals surface area contributed by atoms with Crippen LogP contribution < -0.4 is 5.73 Å². The molecule has 0 aliphatic carbocycles. The second-order valence-corrected chi connectivity index (χ2v) is 1.51. The van der Waals surface area contributed by atoms with E-state index < -0.39 is 0 Å². The zero-order chi connectivity index (χ0) is 6.28. The summed E-state index contributed by atoms with van der Waals surface area (Å²) in [6.45, 7) is 3.89. The number of carbonyl (C=O) groups excluding carboxylic acids is 1. The molecule has 0 bridgehead atoms. The molecular weight excluding hydrogens is 114 g/mol. The number of rotatable bonds is 0. The first-order valence-corrected chi connectivity index (χ1v) is 2.38. The van der Waals surface area contributed by atoms with Crippen molar-refractivity contribution in [1.82, 2.24) is 0 Å². The highest BCUT2D eigenvalue weighted by molar-refractivity contribution is 6.54. The van der Waals surface area contributed by atoms with Crippen molar-refractivity contribution in [3.63, 3.8) is 0 Å². The first-order chi connectivity index (χ1) is 3.15. The van der Waals surface area contributed by atoms with Crippen molar-refractivity contribution in [2.24, 2.45) is 5.73 Å². The van der Waals surface area contributed by atoms with E-state index in [1.54, 1.807) is 0 Å². The maximum Gasteiger partial charge on any atom is 0.208 e. The summed E-state index contributed by atoms with van der Waals surface area (Å²) in [5.74, 6) is 0.222. The summed E-state index contributed by atoms with van der Waals surface area (Å²) in [6.07, 6.45) is 0. The maximum absolute atomic E-state index is 8.57. The van der Waals surface area contributed by atoms with Gasteiger partial charge in [-0.05, 0) is 17.6 Å². The molecule has 2 N–H and O–H groups in total. The van der Waals surface area contributed by atoms with Gasteiger partial charge in [-0.25, -0.2) is 0 Å². The van der Waals surface area contributed by atoms with Crippen LogP contribution in [0.25, 0.3) is 0 Å². The third-order valence-corrected chi connectivity index (χ3v) is 0. The van der Waals surface area contributed by atoms with Gasteiger partial charge >= 0.3 is 0 Å². The summed E-state index contributed by atoms with van der Waals surface area (Å²) in [5.41, 5.74) is 5.11. The highest BCUT2D eigenvalue weighted by atomic mass is 35.5. The normalized spacial score (nSPS) is 7.00. The van der Waals surface area contributed by atoms with Crippen LogP contribution in [-0.2, 0) is 4.79 Å². The Kier molecular flexibility index (Phi) is 13.3. The van der Waals surface area contributed by atoms with Crippen LogP contribution in [0.5, 0.6) is 0 Å². The van der Waals surface area contributed by atoms with Gasteiger partial charge in [0.25, 0.3) is 0 Å². The van der Waals surface area contributed by atoms with E-state index in [1.807, 2.05) is 13.8 Å². The summed E-state index contributed by atoms with van der Waals surface area (Å²) in [5, 5.41) is 0. The Bertz CT molecular complexity index is 35.9. The third kappa shape index (κ3) is 14200. The molecule has 7 heavy (non-hydrogen) atoms. The number of halogens is 1. The van der Waals surface area contributed by atoms with Crippen LogP contribution in [-0.4, -0.2) is 11.8 Å². The molecule has 0 amide bonds. The average Bonchev–Trinajstić information content (AvgIpc) is 1.33. The Morgan fingerprint density at radius 3 is 1.71 bits per heavy atom. The summed E-state index contributed by atoms with van der Waals surface area (Å²) in [4.78, 5) is 8.57. The highest BCUT2D eigenvalue weighted by Crippen LogP contribution is 1.58. The van der Waals surface area contributed by atoms with Gasteiger partial charge in [-0.15, -0.1) is 0 Å². The van der Waals surface area contributed by atoms with Crippen LogP contribution in [0.4, 0.5) is 0 Å². The first kappa shape index (κ1) is 10.0. The zero-order valence-electron chi connectivity index (χ0n) is 4.52. The summed E-state index contributed by atoms with van der Waals surface area (Å²) in [7, 11) is 0. The Morgan fingerprint density at radius 2 is 1.71 bits per heavy atom. The maximum atomic E-state index is 8.57. The molecule has 3 heteroatoms. The Hall–Kier alpha value is -0.0800. The van der Waals surface area contributed by atoms with Gasteiger partial charge in [0.1, 0.15) is 0 Å². The number of hydrogen-bond acceptors (Lipinski definition) is 2. The highest BCUT2D eigenvalue weighted by Gasteiger charge is 1.67. The van der Waals surface area contributed by atoms with Gasteiger partial charge in [0.2, 0.25) is 5.75 Å². The van der Waals surface area contributed by atoms with E-state index in [0.717, 1.165) is 0 Å². The van der Waals surface area contributed by atoms with Crippen molar-refractivity contribution in [1.29, 1.82) is 0 Å². The van der Waals surface area contributed by atoms with Crippen molar-refractivity contribution >= 4 is 17.3 Å². The van der Waals surface area contributed by atoms with E-state index in [2.05, 4.69) is 11.6 Å². The van der Waals surface area contributed by atoms with Gasteiger partial charge in [-0.1, -0.05) is 13.8 Å². The fourth-order valence-electron chi connectivity index (χ4n) is 0. The van der Waals surface area contributed by atoms with E-state index in [0.29, 0.717) is 6.04 Å². The molecule has 0 aromatic carbocycles. The van der Waals surface area contributed by atoms with Gasteiger partial charge < -0.3 is 5.73 Å². The molecule has 0 rings (SSSR count). The largest absolute Gasteiger partial charge is 0.328 e. The molecule has 0 aromatic heterocycles. The molecule has 0 unspecified atom stereocenters. The predicted octanol–water partition coefficient (Wildman–Crippen LogP) is 0.769. The predicted molar refractivity (Wildman–Crippen MR) is 31.9 cm³/mol. The zero-order valence-corrected chi connectivity index (χ0v) is 5.27. The topological polar surface area (TPSA) is 43.1 Å². The molecule has 0 aliphatic heterocycles. The van der Waals surface area contributed by atoms with Gasteiger partial charge in [0.15, 0.2) is 0 Å². The molecule has 0 spiro atoms. The lowest BCUT2D eigenvalue weighted by molar-refractivity contribution is 0.569. The van der Waals surface area contributed by atoms with Crippen LogP contribution in [0.1, 0.15) is 13.8 Å². The van der Waals surface area contributed by atoms with Crippen molar-refractivity contribution < 1.29 is 4.79 Å². The van der Waals surface area contributed by atoms with Crippen molar-refractivity contribution in [3.8, 4) is 0 Å². The molecule has 0 atom stereocenters. The van der Waals surface area contributed by atoms with Crippen LogP contribution in [0.2, 0.25) is 0 Å². The molecule has 2 nitrogen and oxygen atoms in total. The minimum Gasteiger partial charge on any atom is -0.328 e. The number of carbonyl (C=O) groups is 1. The second kappa shape index (κ2) is 9.33. The number of hydrogen-bond donors (Lipinski definition) is 1. The quantitative estimate of drug-likeness (QED) is 0.382. The summed E-state index contributed by atoms with van der Waals surface area (Å²) >= 11 is 4.32. The van der Waals surface area contributed by atoms with Gasteiger partial charge in [0.05, 0.1) is 0 Å². The van der Waals surface area contributed by atoms with E-state index in [4.69, 9.17) is 10.5 Å². The Labute approximate surface area is 48.6 Å². The van der Waals surface area contributed by atoms with Crippen molar-refractivity contribution in [2.75, 3.05) is 0 Å². The Balaban J connectivity index is 0. The van der Waals surface area contributed by atoms with Gasteiger partial charge in [-0.2, -0.15) is 0 Å². The van der Waals surface area contributed by atoms with Crippen LogP contribution in [0, 0.1) is 0 Å². The SMILES string of the molecule is CC(C)N.O=CCl. The van der Waals surface area contributed by atoms with Crippen LogP contribution in [0.3, 0.4) is 0 Å². The lowest BCUT2D eigenvalue weighted by atomic mass is 10.5. The van der Waals surface area contributed by atoms with E-state index in [9.17, 15) is 0 Å². The van der Waals surface area contributed by atoms with E-state index in [1.165, 1.54) is 0 Å². The van der Waals surface area contributed by atoms with Crippen molar-refractivity contribution in [3.05, 3.63) is 0 Å². The molecule has 0 radical (unpaired) electrons. The molecule has 0 heterocycles. The molecule has 0 saturated heterocycles. The summed E-state index contributed by atoms with van der Waals surface area (Å²) in [6, 6.07) is 0.333. The first-order valence-electron chi connectivity index (χ1n) is 1.94. The molecular formula is C4H10ClNO.